The number of anilines is 3. The van der Waals surface area contributed by atoms with Crippen molar-refractivity contribution in [1.29, 1.82) is 0 Å². The molecule has 3 heterocycles. The molecule has 0 spiro atoms. The van der Waals surface area contributed by atoms with Crippen molar-refractivity contribution in [3.8, 4) is 5.88 Å². The SMILES string of the molecule is COc1ncc(NC(=O)c2cccc(C(F)(F)F)c2)cc1N1Cc2cnc(C)nc2N(C)C1=O. The Hall–Kier alpha value is -4.22. The summed E-state index contributed by atoms with van der Waals surface area (Å²) in [6.45, 7) is 1.84. The average Bonchev–Trinajstić information content (AvgIpc) is 2.81. The van der Waals surface area contributed by atoms with Gasteiger partial charge in [-0.15, -0.1) is 0 Å². The molecule has 0 unspecified atom stereocenters. The van der Waals surface area contributed by atoms with E-state index in [0.29, 0.717) is 17.2 Å². The zero-order chi connectivity index (χ0) is 24.6. The number of fused-ring (bicyclic) bond motifs is 1. The first kappa shape index (κ1) is 23.0. The van der Waals surface area contributed by atoms with Gasteiger partial charge in [-0.3, -0.25) is 14.6 Å². The molecule has 12 heteroatoms. The van der Waals surface area contributed by atoms with Crippen LogP contribution in [0.5, 0.6) is 5.88 Å². The molecule has 0 aliphatic carbocycles. The number of ether oxygens (including phenoxy) is 1. The van der Waals surface area contributed by atoms with Crippen LogP contribution in [0.4, 0.5) is 35.2 Å². The van der Waals surface area contributed by atoms with E-state index in [1.54, 1.807) is 20.2 Å². The van der Waals surface area contributed by atoms with E-state index in [4.69, 9.17) is 4.74 Å². The molecule has 1 aliphatic rings. The Morgan fingerprint density at radius 3 is 2.65 bits per heavy atom. The van der Waals surface area contributed by atoms with Crippen LogP contribution in [-0.2, 0) is 12.7 Å². The summed E-state index contributed by atoms with van der Waals surface area (Å²) in [5.74, 6) is 0.357. The van der Waals surface area contributed by atoms with Crippen LogP contribution in [0.2, 0.25) is 0 Å². The monoisotopic (exact) mass is 472 g/mol. The van der Waals surface area contributed by atoms with Crippen molar-refractivity contribution in [3.05, 3.63) is 65.2 Å². The van der Waals surface area contributed by atoms with Crippen molar-refractivity contribution in [2.45, 2.75) is 19.6 Å². The van der Waals surface area contributed by atoms with E-state index >= 15 is 0 Å². The second-order valence-corrected chi connectivity index (χ2v) is 7.48. The van der Waals surface area contributed by atoms with Crippen LogP contribution in [0.15, 0.2) is 42.7 Å². The second kappa shape index (κ2) is 8.61. The number of carbonyl (C=O) groups is 2. The maximum atomic E-state index is 13.1. The number of carbonyl (C=O) groups excluding carboxylic acids is 2. The number of benzene rings is 1. The summed E-state index contributed by atoms with van der Waals surface area (Å²) in [5.41, 5.74) is -0.00520. The van der Waals surface area contributed by atoms with Gasteiger partial charge < -0.3 is 10.1 Å². The summed E-state index contributed by atoms with van der Waals surface area (Å²) in [7, 11) is 2.95. The summed E-state index contributed by atoms with van der Waals surface area (Å²) in [6, 6.07) is 5.11. The van der Waals surface area contributed by atoms with Crippen molar-refractivity contribution >= 4 is 29.1 Å². The predicted molar refractivity (Wildman–Crippen MR) is 117 cm³/mol. The third-order valence-electron chi connectivity index (χ3n) is 5.15. The van der Waals surface area contributed by atoms with Crippen LogP contribution in [-0.4, -0.2) is 41.0 Å². The van der Waals surface area contributed by atoms with Crippen LogP contribution in [0.25, 0.3) is 0 Å². The molecule has 0 fully saturated rings. The van der Waals surface area contributed by atoms with E-state index in [1.165, 1.54) is 35.2 Å². The Bertz CT molecular complexity index is 1280. The van der Waals surface area contributed by atoms with E-state index < -0.39 is 23.7 Å². The number of rotatable bonds is 4. The minimum Gasteiger partial charge on any atom is -0.480 e. The number of aromatic nitrogens is 3. The first-order chi connectivity index (χ1) is 16.1. The number of halogens is 3. The van der Waals surface area contributed by atoms with Gasteiger partial charge in [-0.05, 0) is 31.2 Å². The third kappa shape index (κ3) is 4.34. The van der Waals surface area contributed by atoms with Crippen molar-refractivity contribution in [2.75, 3.05) is 29.3 Å². The highest BCUT2D eigenvalue weighted by Crippen LogP contribution is 2.35. The van der Waals surface area contributed by atoms with Gasteiger partial charge in [0.15, 0.2) is 0 Å². The Morgan fingerprint density at radius 2 is 1.94 bits per heavy atom. The Kier molecular flexibility index (Phi) is 5.82. The Morgan fingerprint density at radius 1 is 1.18 bits per heavy atom. The largest absolute Gasteiger partial charge is 0.480 e. The van der Waals surface area contributed by atoms with Gasteiger partial charge in [-0.25, -0.2) is 19.7 Å². The van der Waals surface area contributed by atoms with Crippen LogP contribution < -0.4 is 19.9 Å². The molecule has 3 aromatic rings. The number of urea groups is 1. The highest BCUT2D eigenvalue weighted by atomic mass is 19.4. The quantitative estimate of drug-likeness (QED) is 0.615. The van der Waals surface area contributed by atoms with Gasteiger partial charge in [0.1, 0.15) is 17.3 Å². The Labute approximate surface area is 192 Å². The highest BCUT2D eigenvalue weighted by Gasteiger charge is 2.33. The molecule has 0 atom stereocenters. The van der Waals surface area contributed by atoms with Gasteiger partial charge in [0.25, 0.3) is 5.91 Å². The van der Waals surface area contributed by atoms with Gasteiger partial charge in [0.2, 0.25) is 5.88 Å². The molecule has 2 aromatic heterocycles. The standard InChI is InChI=1S/C22H19F3N6O3/c1-12-26-9-14-11-31(21(33)30(2)18(14)28-12)17-8-16(10-27-20(17)34-3)29-19(32)13-5-4-6-15(7-13)22(23,24)25/h4-10H,11H2,1-3H3,(H,29,32). The molecule has 3 amide bonds. The van der Waals surface area contributed by atoms with Crippen molar-refractivity contribution in [1.82, 2.24) is 15.0 Å². The third-order valence-corrected chi connectivity index (χ3v) is 5.15. The summed E-state index contributed by atoms with van der Waals surface area (Å²) in [5, 5.41) is 2.52. The van der Waals surface area contributed by atoms with Gasteiger partial charge in [0.05, 0.1) is 31.1 Å². The van der Waals surface area contributed by atoms with E-state index in [1.807, 2.05) is 0 Å². The summed E-state index contributed by atoms with van der Waals surface area (Å²) >= 11 is 0. The molecule has 0 saturated heterocycles. The minimum atomic E-state index is -4.58. The van der Waals surface area contributed by atoms with Gasteiger partial charge in [-0.1, -0.05) is 6.07 Å². The first-order valence-corrected chi connectivity index (χ1v) is 9.99. The molecule has 1 N–H and O–H groups in total. The molecule has 0 radical (unpaired) electrons. The van der Waals surface area contributed by atoms with Crippen LogP contribution >= 0.6 is 0 Å². The number of aryl methyl sites for hydroxylation is 1. The minimum absolute atomic E-state index is 0.121. The van der Waals surface area contributed by atoms with Gasteiger partial charge in [0, 0.05) is 24.4 Å². The number of amides is 3. The molecular formula is C22H19F3N6O3. The second-order valence-electron chi connectivity index (χ2n) is 7.48. The number of alkyl halides is 3. The van der Waals surface area contributed by atoms with Gasteiger partial charge in [-0.2, -0.15) is 13.2 Å². The van der Waals surface area contributed by atoms with Crippen molar-refractivity contribution < 1.29 is 27.5 Å². The number of nitrogens with zero attached hydrogens (tertiary/aromatic N) is 5. The number of nitrogens with one attached hydrogen (secondary N) is 1. The van der Waals surface area contributed by atoms with E-state index in [2.05, 4.69) is 20.3 Å². The molecule has 176 valence electrons. The molecule has 34 heavy (non-hydrogen) atoms. The van der Waals surface area contributed by atoms with Gasteiger partial charge >= 0.3 is 12.2 Å². The van der Waals surface area contributed by atoms with Crippen LogP contribution in [0.1, 0.15) is 27.3 Å². The number of methoxy groups -OCH3 is 1. The molecule has 0 bridgehead atoms. The number of hydrogen-bond donors (Lipinski definition) is 1. The smallest absolute Gasteiger partial charge is 0.416 e. The van der Waals surface area contributed by atoms with Crippen LogP contribution in [0.3, 0.4) is 0 Å². The maximum Gasteiger partial charge on any atom is 0.416 e. The number of pyridine rings is 1. The molecule has 0 saturated carbocycles. The summed E-state index contributed by atoms with van der Waals surface area (Å²) in [4.78, 5) is 41.1. The zero-order valence-corrected chi connectivity index (χ0v) is 18.3. The molecule has 1 aliphatic heterocycles. The molecule has 4 rings (SSSR count). The lowest BCUT2D eigenvalue weighted by Crippen LogP contribution is -2.46. The molecular weight excluding hydrogens is 453 g/mol. The van der Waals surface area contributed by atoms with Crippen LogP contribution in [0, 0.1) is 6.92 Å². The lowest BCUT2D eigenvalue weighted by molar-refractivity contribution is -0.137. The van der Waals surface area contributed by atoms with E-state index in [-0.39, 0.29) is 29.4 Å². The fourth-order valence-electron chi connectivity index (χ4n) is 3.48. The maximum absolute atomic E-state index is 13.1. The first-order valence-electron chi connectivity index (χ1n) is 9.99. The van der Waals surface area contributed by atoms with Crippen molar-refractivity contribution in [3.63, 3.8) is 0 Å². The van der Waals surface area contributed by atoms with E-state index in [9.17, 15) is 22.8 Å². The zero-order valence-electron chi connectivity index (χ0n) is 18.3. The average molecular weight is 472 g/mol. The van der Waals surface area contributed by atoms with E-state index in [0.717, 1.165) is 18.2 Å². The summed E-state index contributed by atoms with van der Waals surface area (Å²) < 4.78 is 44.3. The predicted octanol–water partition coefficient (Wildman–Crippen LogP) is 4.04. The lowest BCUT2D eigenvalue weighted by atomic mass is 10.1. The Balaban J connectivity index is 1.65. The molecule has 9 nitrogen and oxygen atoms in total. The number of hydrogen-bond acceptors (Lipinski definition) is 6. The fraction of sp³-hybridized carbons (Fsp3) is 0.227. The molecule has 1 aromatic carbocycles. The fourth-order valence-corrected chi connectivity index (χ4v) is 3.48. The lowest BCUT2D eigenvalue weighted by Gasteiger charge is -2.34. The highest BCUT2D eigenvalue weighted by molar-refractivity contribution is 6.07. The summed E-state index contributed by atoms with van der Waals surface area (Å²) in [6.07, 6.45) is -1.68. The van der Waals surface area contributed by atoms with Crippen molar-refractivity contribution in [2.24, 2.45) is 0 Å². The topological polar surface area (TPSA) is 101 Å². The normalized spacial score (nSPS) is 13.5.